The van der Waals surface area contributed by atoms with E-state index < -0.39 is 0 Å². The third-order valence-corrected chi connectivity index (χ3v) is 6.23. The van der Waals surface area contributed by atoms with Crippen LogP contribution in [0.15, 0.2) is 47.6 Å². The molecule has 178 valence electrons. The van der Waals surface area contributed by atoms with Gasteiger partial charge in [-0.3, -0.25) is 9.59 Å². The third kappa shape index (κ3) is 5.66. The Kier molecular flexibility index (Phi) is 7.31. The van der Waals surface area contributed by atoms with Gasteiger partial charge in [0.05, 0.1) is 11.8 Å². The smallest absolute Gasteiger partial charge is 0.251 e. The highest BCUT2D eigenvalue weighted by atomic mass is 32.2. The Morgan fingerprint density at radius 1 is 1.09 bits per heavy atom. The van der Waals surface area contributed by atoms with E-state index in [2.05, 4.69) is 40.0 Å². The molecule has 2 amide bonds. The number of amides is 2. The fourth-order valence-corrected chi connectivity index (χ4v) is 4.14. The number of benzene rings is 2. The van der Waals surface area contributed by atoms with E-state index in [1.165, 1.54) is 16.4 Å². The van der Waals surface area contributed by atoms with Gasteiger partial charge in [-0.1, -0.05) is 31.7 Å². The molecule has 4 rings (SSSR count). The molecule has 2 heterocycles. The maximum absolute atomic E-state index is 12.9. The number of ether oxygens (including phenoxy) is 2. The predicted octanol–water partition coefficient (Wildman–Crippen LogP) is 2.84. The Balaban J connectivity index is 1.36. The summed E-state index contributed by atoms with van der Waals surface area (Å²) in [5.41, 5.74) is 2.05. The van der Waals surface area contributed by atoms with Gasteiger partial charge in [-0.25, -0.2) is 4.68 Å². The van der Waals surface area contributed by atoms with Crippen LogP contribution < -0.4 is 20.1 Å². The molecule has 3 aromatic rings. The summed E-state index contributed by atoms with van der Waals surface area (Å²) in [4.78, 5) is 25.2. The first-order chi connectivity index (χ1) is 16.4. The second-order valence-corrected chi connectivity index (χ2v) is 9.04. The van der Waals surface area contributed by atoms with Crippen molar-refractivity contribution in [3.05, 3.63) is 53.6 Å². The van der Waals surface area contributed by atoms with Crippen LogP contribution in [0.1, 0.15) is 35.8 Å². The highest BCUT2D eigenvalue weighted by molar-refractivity contribution is 7.99. The van der Waals surface area contributed by atoms with Gasteiger partial charge in [0.15, 0.2) is 11.5 Å². The molecule has 34 heavy (non-hydrogen) atoms. The SMILES string of the molecule is CC(C)C(NC(=O)c1ccc(NC(=O)CSc2nnnn2C)cc1)c1ccc2c(c1)OCCO2. The fourth-order valence-electron chi connectivity index (χ4n) is 3.49. The highest BCUT2D eigenvalue weighted by Crippen LogP contribution is 2.34. The molecule has 0 aliphatic carbocycles. The number of tetrazole rings is 1. The van der Waals surface area contributed by atoms with Gasteiger partial charge in [-0.15, -0.1) is 5.10 Å². The number of thioether (sulfide) groups is 1. The van der Waals surface area contributed by atoms with Crippen molar-refractivity contribution in [2.24, 2.45) is 13.0 Å². The molecule has 0 radical (unpaired) electrons. The minimum absolute atomic E-state index is 0.159. The van der Waals surface area contributed by atoms with Crippen molar-refractivity contribution in [3.63, 3.8) is 0 Å². The first-order valence-electron chi connectivity index (χ1n) is 10.9. The van der Waals surface area contributed by atoms with Crippen molar-refractivity contribution in [1.82, 2.24) is 25.5 Å². The zero-order chi connectivity index (χ0) is 24.1. The maximum Gasteiger partial charge on any atom is 0.251 e. The zero-order valence-electron chi connectivity index (χ0n) is 19.1. The van der Waals surface area contributed by atoms with Gasteiger partial charge in [0.1, 0.15) is 13.2 Å². The first kappa shape index (κ1) is 23.6. The summed E-state index contributed by atoms with van der Waals surface area (Å²) >= 11 is 1.24. The van der Waals surface area contributed by atoms with Crippen LogP contribution in [0, 0.1) is 5.92 Å². The number of nitrogens with one attached hydrogen (secondary N) is 2. The topological polar surface area (TPSA) is 120 Å². The molecule has 0 bridgehead atoms. The Labute approximate surface area is 201 Å². The van der Waals surface area contributed by atoms with Gasteiger partial charge in [0, 0.05) is 18.3 Å². The normalized spacial score (nSPS) is 13.4. The quantitative estimate of drug-likeness (QED) is 0.470. The zero-order valence-corrected chi connectivity index (χ0v) is 20.0. The summed E-state index contributed by atoms with van der Waals surface area (Å²) in [6.45, 7) is 5.14. The number of fused-ring (bicyclic) bond motifs is 1. The molecule has 1 aliphatic heterocycles. The van der Waals surface area contributed by atoms with Crippen molar-refractivity contribution < 1.29 is 19.1 Å². The van der Waals surface area contributed by atoms with E-state index in [0.29, 0.717) is 41.1 Å². The molecule has 0 fully saturated rings. The van der Waals surface area contributed by atoms with E-state index in [4.69, 9.17) is 9.47 Å². The first-order valence-corrected chi connectivity index (χ1v) is 11.8. The van der Waals surface area contributed by atoms with E-state index in [1.54, 1.807) is 31.3 Å². The Morgan fingerprint density at radius 3 is 2.50 bits per heavy atom. The van der Waals surface area contributed by atoms with E-state index in [0.717, 1.165) is 5.56 Å². The van der Waals surface area contributed by atoms with E-state index in [9.17, 15) is 9.59 Å². The van der Waals surface area contributed by atoms with Crippen molar-refractivity contribution >= 4 is 29.3 Å². The summed E-state index contributed by atoms with van der Waals surface area (Å²) in [7, 11) is 1.71. The summed E-state index contributed by atoms with van der Waals surface area (Å²) < 4.78 is 12.8. The molecule has 2 N–H and O–H groups in total. The number of hydrogen-bond donors (Lipinski definition) is 2. The van der Waals surface area contributed by atoms with Crippen molar-refractivity contribution in [1.29, 1.82) is 0 Å². The minimum Gasteiger partial charge on any atom is -0.486 e. The van der Waals surface area contributed by atoms with Crippen LogP contribution in [0.4, 0.5) is 5.69 Å². The van der Waals surface area contributed by atoms with Gasteiger partial charge < -0.3 is 20.1 Å². The minimum atomic E-state index is -0.199. The van der Waals surface area contributed by atoms with E-state index in [-0.39, 0.29) is 29.5 Å². The molecule has 0 saturated carbocycles. The van der Waals surface area contributed by atoms with Gasteiger partial charge in [0.2, 0.25) is 11.1 Å². The predicted molar refractivity (Wildman–Crippen MR) is 127 cm³/mol. The maximum atomic E-state index is 12.9. The lowest BCUT2D eigenvalue weighted by atomic mass is 9.95. The molecular formula is C23H26N6O4S. The lowest BCUT2D eigenvalue weighted by molar-refractivity contribution is -0.113. The lowest BCUT2D eigenvalue weighted by Gasteiger charge is -2.25. The molecule has 1 aliphatic rings. The number of rotatable bonds is 8. The summed E-state index contributed by atoms with van der Waals surface area (Å²) in [5, 5.41) is 17.6. The number of hydrogen-bond acceptors (Lipinski definition) is 8. The molecule has 1 aromatic heterocycles. The number of aromatic nitrogens is 4. The van der Waals surface area contributed by atoms with Gasteiger partial charge >= 0.3 is 0 Å². The number of nitrogens with zero attached hydrogens (tertiary/aromatic N) is 4. The van der Waals surface area contributed by atoms with Gasteiger partial charge in [0.25, 0.3) is 5.91 Å². The molecular weight excluding hydrogens is 456 g/mol. The molecule has 10 nitrogen and oxygen atoms in total. The highest BCUT2D eigenvalue weighted by Gasteiger charge is 2.22. The van der Waals surface area contributed by atoms with Crippen LogP contribution in [0.2, 0.25) is 0 Å². The number of carbonyl (C=O) groups excluding carboxylic acids is 2. The van der Waals surface area contributed by atoms with Crippen LogP contribution >= 0.6 is 11.8 Å². The van der Waals surface area contributed by atoms with Crippen molar-refractivity contribution in [2.75, 3.05) is 24.3 Å². The molecule has 1 atom stereocenters. The largest absolute Gasteiger partial charge is 0.486 e. The number of aryl methyl sites for hydroxylation is 1. The molecule has 0 saturated heterocycles. The molecule has 2 aromatic carbocycles. The van der Waals surface area contributed by atoms with E-state index in [1.807, 2.05) is 18.2 Å². The van der Waals surface area contributed by atoms with Gasteiger partial charge in [-0.2, -0.15) is 0 Å². The fraction of sp³-hybridized carbons (Fsp3) is 0.348. The second kappa shape index (κ2) is 10.6. The third-order valence-electron chi connectivity index (χ3n) is 5.22. The van der Waals surface area contributed by atoms with Crippen LogP contribution in [0.3, 0.4) is 0 Å². The number of carbonyl (C=O) groups is 2. The molecule has 11 heteroatoms. The van der Waals surface area contributed by atoms with E-state index >= 15 is 0 Å². The van der Waals surface area contributed by atoms with Crippen LogP contribution in [-0.2, 0) is 11.8 Å². The second-order valence-electron chi connectivity index (χ2n) is 8.10. The van der Waals surface area contributed by atoms with Crippen molar-refractivity contribution in [2.45, 2.75) is 25.0 Å². The lowest BCUT2D eigenvalue weighted by Crippen LogP contribution is -2.32. The van der Waals surface area contributed by atoms with Crippen LogP contribution in [0.25, 0.3) is 0 Å². The van der Waals surface area contributed by atoms with Crippen molar-refractivity contribution in [3.8, 4) is 11.5 Å². The Bertz CT molecular complexity index is 1160. The Hall–Kier alpha value is -3.60. The standard InChI is InChI=1S/C23H26N6O4S/c1-14(2)21(16-6-9-18-19(12-16)33-11-10-32-18)25-22(31)15-4-7-17(8-5-15)24-20(30)13-34-23-26-27-28-29(23)3/h4-9,12,14,21H,10-11,13H2,1-3H3,(H,24,30)(H,25,31). The van der Waals surface area contributed by atoms with Crippen LogP contribution in [0.5, 0.6) is 11.5 Å². The Morgan fingerprint density at radius 2 is 1.82 bits per heavy atom. The molecule has 0 spiro atoms. The molecule has 1 unspecified atom stereocenters. The summed E-state index contributed by atoms with van der Waals surface area (Å²) in [6, 6.07) is 12.3. The average molecular weight is 483 g/mol. The summed E-state index contributed by atoms with van der Waals surface area (Å²) in [6.07, 6.45) is 0. The monoisotopic (exact) mass is 482 g/mol. The van der Waals surface area contributed by atoms with Gasteiger partial charge in [-0.05, 0) is 58.3 Å². The summed E-state index contributed by atoms with van der Waals surface area (Å²) in [5.74, 6) is 1.35. The number of anilines is 1. The average Bonchev–Trinajstić information content (AvgIpc) is 3.25. The van der Waals surface area contributed by atoms with Crippen LogP contribution in [-0.4, -0.2) is 51.0 Å².